The van der Waals surface area contributed by atoms with Crippen molar-refractivity contribution in [1.29, 1.82) is 0 Å². The first kappa shape index (κ1) is 24.7. The average Bonchev–Trinajstić information content (AvgIpc) is 3.29. The fourth-order valence-corrected chi connectivity index (χ4v) is 4.60. The molecule has 0 saturated carbocycles. The minimum Gasteiger partial charge on any atom is -0.484 e. The molecule has 0 amide bonds. The molecule has 2 aliphatic rings. The number of rotatable bonds is 5. The summed E-state index contributed by atoms with van der Waals surface area (Å²) in [5, 5.41) is 48.6. The predicted molar refractivity (Wildman–Crippen MR) is 124 cm³/mol. The number of aliphatic hydroxyl groups is 4. The topological polar surface area (TPSA) is 170 Å². The van der Waals surface area contributed by atoms with Gasteiger partial charge in [0.05, 0.1) is 12.8 Å². The standard InChI is InChI=1S/C24H29N3O9/c1-11-6-16(29)35-21-14(11)7-12-4-5-24(2,3)36-20(12)22(21)33-10-13-8-27(26-25-13)23-19(32)18(31)17(30)15(9-28)34-23/h6-8,15,17-19,23,28,30-32H,4-5,9-10H2,1-3H3/t15-,17-,18+,19-,23-/m1/s1. The van der Waals surface area contributed by atoms with Gasteiger partial charge >= 0.3 is 5.63 Å². The van der Waals surface area contributed by atoms with Crippen LogP contribution in [-0.4, -0.2) is 72.0 Å². The lowest BCUT2D eigenvalue weighted by atomic mass is 9.92. The monoisotopic (exact) mass is 503 g/mol. The Morgan fingerprint density at radius 1 is 1.19 bits per heavy atom. The van der Waals surface area contributed by atoms with Crippen LogP contribution in [0.25, 0.3) is 11.0 Å². The molecule has 12 nitrogen and oxygen atoms in total. The maximum Gasteiger partial charge on any atom is 0.336 e. The van der Waals surface area contributed by atoms with E-state index in [4.69, 9.17) is 18.6 Å². The highest BCUT2D eigenvalue weighted by Gasteiger charge is 2.44. The Balaban J connectivity index is 1.45. The molecule has 0 radical (unpaired) electrons. The number of aliphatic hydroxyl groups excluding tert-OH is 4. The molecule has 12 heteroatoms. The molecular weight excluding hydrogens is 474 g/mol. The van der Waals surface area contributed by atoms with Crippen molar-refractivity contribution in [2.24, 2.45) is 0 Å². The van der Waals surface area contributed by atoms with Crippen molar-refractivity contribution >= 4 is 11.0 Å². The molecule has 1 fully saturated rings. The van der Waals surface area contributed by atoms with E-state index in [0.717, 1.165) is 29.4 Å². The van der Waals surface area contributed by atoms with Crippen LogP contribution in [0.15, 0.2) is 27.5 Å². The zero-order chi connectivity index (χ0) is 25.8. The van der Waals surface area contributed by atoms with Crippen molar-refractivity contribution in [3.8, 4) is 11.5 Å². The van der Waals surface area contributed by atoms with Gasteiger partial charge in [-0.2, -0.15) is 0 Å². The van der Waals surface area contributed by atoms with Gasteiger partial charge in [-0.05, 0) is 50.8 Å². The smallest absolute Gasteiger partial charge is 0.336 e. The first-order chi connectivity index (χ1) is 17.1. The summed E-state index contributed by atoms with van der Waals surface area (Å²) < 4.78 is 24.6. The predicted octanol–water partition coefficient (Wildman–Crippen LogP) is 0.348. The summed E-state index contributed by atoms with van der Waals surface area (Å²) in [6.07, 6.45) is -3.75. The first-order valence-electron chi connectivity index (χ1n) is 11.7. The Morgan fingerprint density at radius 3 is 2.72 bits per heavy atom. The highest BCUT2D eigenvalue weighted by molar-refractivity contribution is 5.89. The summed E-state index contributed by atoms with van der Waals surface area (Å²) in [6.45, 7) is 5.14. The van der Waals surface area contributed by atoms with Crippen LogP contribution < -0.4 is 15.1 Å². The van der Waals surface area contributed by atoms with Gasteiger partial charge in [-0.1, -0.05) is 5.21 Å². The van der Waals surface area contributed by atoms with E-state index in [1.165, 1.54) is 16.9 Å². The number of ether oxygens (including phenoxy) is 3. The van der Waals surface area contributed by atoms with E-state index in [1.54, 1.807) is 0 Å². The van der Waals surface area contributed by atoms with Crippen molar-refractivity contribution < 1.29 is 39.1 Å². The fraction of sp³-hybridized carbons (Fsp3) is 0.542. The lowest BCUT2D eigenvalue weighted by Crippen LogP contribution is -2.56. The number of nitrogens with zero attached hydrogens (tertiary/aromatic N) is 3. The molecule has 3 aromatic rings. The van der Waals surface area contributed by atoms with Crippen LogP contribution in [0, 0.1) is 6.92 Å². The number of benzene rings is 1. The van der Waals surface area contributed by atoms with Gasteiger partial charge in [0.1, 0.15) is 42.3 Å². The molecule has 1 saturated heterocycles. The lowest BCUT2D eigenvalue weighted by molar-refractivity contribution is -0.254. The van der Waals surface area contributed by atoms with Gasteiger partial charge in [0.25, 0.3) is 0 Å². The van der Waals surface area contributed by atoms with Crippen LogP contribution in [0.2, 0.25) is 0 Å². The molecule has 2 aliphatic heterocycles. The van der Waals surface area contributed by atoms with Crippen molar-refractivity contribution in [2.75, 3.05) is 6.61 Å². The Labute approximate surface area is 205 Å². The SMILES string of the molecule is Cc1cc(=O)oc2c(OCc3cn([C@@H]4O[C@H](CO)[C@@H](O)[C@H](O)[C@H]4O)nn3)c3c(cc12)CCC(C)(C)O3. The highest BCUT2D eigenvalue weighted by atomic mass is 16.6. The molecule has 5 atom stereocenters. The maximum absolute atomic E-state index is 12.2. The van der Waals surface area contributed by atoms with E-state index >= 15 is 0 Å². The normalized spacial score (nSPS) is 27.5. The summed E-state index contributed by atoms with van der Waals surface area (Å²) >= 11 is 0. The van der Waals surface area contributed by atoms with E-state index < -0.39 is 48.5 Å². The van der Waals surface area contributed by atoms with Crippen molar-refractivity contribution in [3.63, 3.8) is 0 Å². The van der Waals surface area contributed by atoms with E-state index in [2.05, 4.69) is 10.3 Å². The third kappa shape index (κ3) is 4.35. The summed E-state index contributed by atoms with van der Waals surface area (Å²) in [5.41, 5.74) is 1.38. The van der Waals surface area contributed by atoms with Crippen molar-refractivity contribution in [2.45, 2.75) is 76.5 Å². The second-order valence-corrected chi connectivity index (χ2v) is 9.88. The zero-order valence-corrected chi connectivity index (χ0v) is 20.1. The molecular formula is C24H29N3O9. The molecule has 0 spiro atoms. The largest absolute Gasteiger partial charge is 0.484 e. The number of aromatic nitrogens is 3. The highest BCUT2D eigenvalue weighted by Crippen LogP contribution is 2.45. The van der Waals surface area contributed by atoms with Gasteiger partial charge in [0.15, 0.2) is 17.6 Å². The lowest BCUT2D eigenvalue weighted by Gasteiger charge is -2.39. The molecule has 194 valence electrons. The van der Waals surface area contributed by atoms with E-state index in [0.29, 0.717) is 17.2 Å². The zero-order valence-electron chi connectivity index (χ0n) is 20.1. The molecule has 5 rings (SSSR count). The Kier molecular flexibility index (Phi) is 6.25. The van der Waals surface area contributed by atoms with Crippen LogP contribution >= 0.6 is 0 Å². The second kappa shape index (κ2) is 9.12. The Bertz CT molecular complexity index is 1330. The van der Waals surface area contributed by atoms with E-state index in [9.17, 15) is 25.2 Å². The van der Waals surface area contributed by atoms with Crippen LogP contribution in [0.1, 0.15) is 43.3 Å². The van der Waals surface area contributed by atoms with Gasteiger partial charge in [0, 0.05) is 11.5 Å². The van der Waals surface area contributed by atoms with Gasteiger partial charge in [0.2, 0.25) is 5.75 Å². The van der Waals surface area contributed by atoms with Gasteiger partial charge in [-0.3, -0.25) is 0 Å². The quantitative estimate of drug-likeness (QED) is 0.354. The molecule has 2 aromatic heterocycles. The molecule has 0 aliphatic carbocycles. The second-order valence-electron chi connectivity index (χ2n) is 9.88. The third-order valence-electron chi connectivity index (χ3n) is 6.65. The Hall–Kier alpha value is -3.03. The van der Waals surface area contributed by atoms with Crippen LogP contribution in [-0.2, 0) is 17.8 Å². The maximum atomic E-state index is 12.2. The molecule has 4 N–H and O–H groups in total. The molecule has 0 bridgehead atoms. The third-order valence-corrected chi connectivity index (χ3v) is 6.65. The molecule has 1 aromatic carbocycles. The summed E-state index contributed by atoms with van der Waals surface area (Å²) in [7, 11) is 0. The van der Waals surface area contributed by atoms with Gasteiger partial charge in [-0.25, -0.2) is 9.48 Å². The number of hydrogen-bond donors (Lipinski definition) is 4. The molecule has 36 heavy (non-hydrogen) atoms. The number of fused-ring (bicyclic) bond motifs is 2. The molecule has 0 unspecified atom stereocenters. The van der Waals surface area contributed by atoms with Crippen molar-refractivity contribution in [1.82, 2.24) is 15.0 Å². The number of aryl methyl sites for hydroxylation is 2. The fourth-order valence-electron chi connectivity index (χ4n) is 4.60. The molecule has 4 heterocycles. The number of hydrogen-bond acceptors (Lipinski definition) is 11. The van der Waals surface area contributed by atoms with Crippen LogP contribution in [0.3, 0.4) is 0 Å². The van der Waals surface area contributed by atoms with Crippen molar-refractivity contribution in [3.05, 3.63) is 45.6 Å². The summed E-state index contributed by atoms with van der Waals surface area (Å²) in [5.74, 6) is 0.798. The summed E-state index contributed by atoms with van der Waals surface area (Å²) in [4.78, 5) is 12.2. The first-order valence-corrected chi connectivity index (χ1v) is 11.7. The van der Waals surface area contributed by atoms with Gasteiger partial charge in [-0.15, -0.1) is 5.10 Å². The minimum absolute atomic E-state index is 0.0790. The van der Waals surface area contributed by atoms with Crippen LogP contribution in [0.4, 0.5) is 0 Å². The average molecular weight is 504 g/mol. The van der Waals surface area contributed by atoms with E-state index in [-0.39, 0.29) is 12.2 Å². The van der Waals surface area contributed by atoms with E-state index in [1.807, 2.05) is 26.8 Å². The summed E-state index contributed by atoms with van der Waals surface area (Å²) in [6, 6.07) is 3.39. The minimum atomic E-state index is -1.54. The van der Waals surface area contributed by atoms with Gasteiger partial charge < -0.3 is 39.1 Å². The Morgan fingerprint density at radius 2 is 1.97 bits per heavy atom. The van der Waals surface area contributed by atoms with Crippen LogP contribution in [0.5, 0.6) is 11.5 Å².